The molecule has 1 saturated heterocycles. The lowest BCUT2D eigenvalue weighted by atomic mass is 10.1. The fraction of sp³-hybridized carbons (Fsp3) is 0.296. The Hall–Kier alpha value is -3.89. The minimum absolute atomic E-state index is 0.177. The van der Waals surface area contributed by atoms with Crippen LogP contribution >= 0.6 is 0 Å². The fourth-order valence-electron chi connectivity index (χ4n) is 3.90. The van der Waals surface area contributed by atoms with Crippen molar-refractivity contribution in [1.29, 1.82) is 5.26 Å². The second-order valence-electron chi connectivity index (χ2n) is 8.44. The van der Waals surface area contributed by atoms with Gasteiger partial charge >= 0.3 is 5.97 Å². The number of carbonyl (C=O) groups excluding carboxylic acids is 1. The molecule has 7 heteroatoms. The van der Waals surface area contributed by atoms with Gasteiger partial charge in [-0.25, -0.2) is 9.78 Å². The number of ether oxygens (including phenoxy) is 2. The first kappa shape index (κ1) is 23.3. The largest absolute Gasteiger partial charge is 0.459 e. The van der Waals surface area contributed by atoms with E-state index in [0.717, 1.165) is 44.0 Å². The summed E-state index contributed by atoms with van der Waals surface area (Å²) in [6.45, 7) is 7.63. The quantitative estimate of drug-likeness (QED) is 0.480. The van der Waals surface area contributed by atoms with Gasteiger partial charge in [-0.05, 0) is 56.3 Å². The molecule has 2 heterocycles. The van der Waals surface area contributed by atoms with E-state index in [0.29, 0.717) is 22.7 Å². The van der Waals surface area contributed by atoms with E-state index < -0.39 is 0 Å². The minimum Gasteiger partial charge on any atom is -0.459 e. The maximum atomic E-state index is 12.5. The normalized spacial score (nSPS) is 14.0. The van der Waals surface area contributed by atoms with Gasteiger partial charge in [0.05, 0.1) is 17.7 Å². The number of nitriles is 1. The molecular formula is C27H28N4O3. The van der Waals surface area contributed by atoms with Gasteiger partial charge in [0.2, 0.25) is 0 Å². The number of esters is 1. The number of piperazine rings is 1. The number of carbonyl (C=O) groups is 1. The number of rotatable bonds is 7. The molecule has 0 amide bonds. The third-order valence-electron chi connectivity index (χ3n) is 5.60. The van der Waals surface area contributed by atoms with Gasteiger partial charge in [-0.15, -0.1) is 0 Å². The van der Waals surface area contributed by atoms with Crippen molar-refractivity contribution in [1.82, 2.24) is 9.88 Å². The van der Waals surface area contributed by atoms with Gasteiger partial charge in [0.1, 0.15) is 22.9 Å². The van der Waals surface area contributed by atoms with Gasteiger partial charge in [-0.2, -0.15) is 5.26 Å². The molecule has 1 aliphatic heterocycles. The fourth-order valence-corrected chi connectivity index (χ4v) is 3.90. The lowest BCUT2D eigenvalue weighted by Gasteiger charge is -2.36. The van der Waals surface area contributed by atoms with E-state index in [9.17, 15) is 4.79 Å². The van der Waals surface area contributed by atoms with Crippen molar-refractivity contribution in [2.75, 3.05) is 31.1 Å². The van der Waals surface area contributed by atoms with Gasteiger partial charge in [0.15, 0.2) is 0 Å². The molecule has 0 saturated carbocycles. The highest BCUT2D eigenvalue weighted by Crippen LogP contribution is 2.27. The van der Waals surface area contributed by atoms with Crippen molar-refractivity contribution in [3.8, 4) is 17.6 Å². The number of hydrogen-bond acceptors (Lipinski definition) is 7. The summed E-state index contributed by atoms with van der Waals surface area (Å²) in [5.41, 5.74) is 2.21. The van der Waals surface area contributed by atoms with E-state index in [1.165, 1.54) is 0 Å². The summed E-state index contributed by atoms with van der Waals surface area (Å²) in [6.07, 6.45) is 1.54. The molecule has 7 nitrogen and oxygen atoms in total. The van der Waals surface area contributed by atoms with Crippen LogP contribution in [0.2, 0.25) is 0 Å². The lowest BCUT2D eigenvalue weighted by molar-refractivity contribution is 0.0378. The molecule has 0 unspecified atom stereocenters. The molecule has 0 atom stereocenters. The predicted octanol–water partition coefficient (Wildman–Crippen LogP) is 4.63. The van der Waals surface area contributed by atoms with E-state index in [1.54, 1.807) is 30.5 Å². The highest BCUT2D eigenvalue weighted by atomic mass is 16.5. The number of aromatic nitrogens is 1. The third-order valence-corrected chi connectivity index (χ3v) is 5.60. The summed E-state index contributed by atoms with van der Waals surface area (Å²) < 4.78 is 11.5. The topological polar surface area (TPSA) is 78.7 Å². The standard InChI is InChI=1S/C27H28N4O3/c1-20(2)33-27(32)24-7-5-13-29-26(24)31-16-14-30(15-17-31)19-22-6-3-4-8-25(22)34-23-11-9-21(18-28)10-12-23/h3-13,20H,14-17,19H2,1-2H3. The minimum atomic E-state index is -0.339. The van der Waals surface area contributed by atoms with Crippen molar-refractivity contribution >= 4 is 11.8 Å². The van der Waals surface area contributed by atoms with Crippen molar-refractivity contribution in [3.05, 3.63) is 83.6 Å². The number of hydrogen-bond donors (Lipinski definition) is 0. The van der Waals surface area contributed by atoms with Crippen molar-refractivity contribution < 1.29 is 14.3 Å². The molecule has 4 rings (SSSR count). The molecule has 0 N–H and O–H groups in total. The zero-order valence-electron chi connectivity index (χ0n) is 19.5. The maximum Gasteiger partial charge on any atom is 0.342 e. The van der Waals surface area contributed by atoms with Crippen LogP contribution in [0.25, 0.3) is 0 Å². The van der Waals surface area contributed by atoms with Crippen LogP contribution in [0.15, 0.2) is 66.9 Å². The smallest absolute Gasteiger partial charge is 0.342 e. The van der Waals surface area contributed by atoms with E-state index in [1.807, 2.05) is 44.2 Å². The summed E-state index contributed by atoms with van der Waals surface area (Å²) in [5, 5.41) is 8.99. The number of anilines is 1. The molecular weight excluding hydrogens is 428 g/mol. The third kappa shape index (κ3) is 5.72. The van der Waals surface area contributed by atoms with Crippen molar-refractivity contribution in [2.24, 2.45) is 0 Å². The van der Waals surface area contributed by atoms with Crippen LogP contribution in [0, 0.1) is 11.3 Å². The Labute approximate surface area is 200 Å². The number of pyridine rings is 1. The highest BCUT2D eigenvalue weighted by Gasteiger charge is 2.24. The van der Waals surface area contributed by atoms with Crippen molar-refractivity contribution in [3.63, 3.8) is 0 Å². The van der Waals surface area contributed by atoms with E-state index >= 15 is 0 Å². The Kier molecular flexibility index (Phi) is 7.41. The molecule has 1 aromatic heterocycles. The molecule has 1 aliphatic rings. The first-order valence-corrected chi connectivity index (χ1v) is 11.4. The Balaban J connectivity index is 1.40. The molecule has 0 aliphatic carbocycles. The summed E-state index contributed by atoms with van der Waals surface area (Å²) >= 11 is 0. The van der Waals surface area contributed by atoms with Gasteiger partial charge in [-0.3, -0.25) is 4.90 Å². The molecule has 174 valence electrons. The van der Waals surface area contributed by atoms with E-state index in [2.05, 4.69) is 26.9 Å². The monoisotopic (exact) mass is 456 g/mol. The molecule has 1 fully saturated rings. The van der Waals surface area contributed by atoms with Crippen LogP contribution in [0.4, 0.5) is 5.82 Å². The van der Waals surface area contributed by atoms with Crippen LogP contribution in [0.3, 0.4) is 0 Å². The van der Waals surface area contributed by atoms with Gasteiger partial charge < -0.3 is 14.4 Å². The summed E-state index contributed by atoms with van der Waals surface area (Å²) in [5.74, 6) is 1.84. The Morgan fingerprint density at radius 3 is 2.47 bits per heavy atom. The maximum absolute atomic E-state index is 12.5. The molecule has 2 aromatic carbocycles. The van der Waals surface area contributed by atoms with Gasteiger partial charge in [-0.1, -0.05) is 18.2 Å². The molecule has 0 spiro atoms. The molecule has 0 bridgehead atoms. The SMILES string of the molecule is CC(C)OC(=O)c1cccnc1N1CCN(Cc2ccccc2Oc2ccc(C#N)cc2)CC1. The Bertz CT molecular complexity index is 1160. The first-order valence-electron chi connectivity index (χ1n) is 11.4. The highest BCUT2D eigenvalue weighted by molar-refractivity contribution is 5.94. The zero-order valence-corrected chi connectivity index (χ0v) is 19.5. The van der Waals surface area contributed by atoms with Crippen LogP contribution < -0.4 is 9.64 Å². The Morgan fingerprint density at radius 2 is 1.76 bits per heavy atom. The van der Waals surface area contributed by atoms with E-state index in [-0.39, 0.29) is 12.1 Å². The predicted molar refractivity (Wildman–Crippen MR) is 130 cm³/mol. The second kappa shape index (κ2) is 10.8. The number of nitrogens with zero attached hydrogens (tertiary/aromatic N) is 4. The average Bonchev–Trinajstić information content (AvgIpc) is 2.86. The van der Waals surface area contributed by atoms with Crippen LogP contribution in [0.1, 0.15) is 35.3 Å². The van der Waals surface area contributed by atoms with Crippen LogP contribution in [-0.4, -0.2) is 48.1 Å². The van der Waals surface area contributed by atoms with Gasteiger partial charge in [0.25, 0.3) is 0 Å². The molecule has 34 heavy (non-hydrogen) atoms. The second-order valence-corrected chi connectivity index (χ2v) is 8.44. The van der Waals surface area contributed by atoms with E-state index in [4.69, 9.17) is 14.7 Å². The van der Waals surface area contributed by atoms with Crippen molar-refractivity contribution in [2.45, 2.75) is 26.5 Å². The van der Waals surface area contributed by atoms with Crippen LogP contribution in [0.5, 0.6) is 11.5 Å². The summed E-state index contributed by atoms with van der Waals surface area (Å²) in [7, 11) is 0. The molecule has 3 aromatic rings. The first-order chi connectivity index (χ1) is 16.5. The lowest BCUT2D eigenvalue weighted by Crippen LogP contribution is -2.46. The summed E-state index contributed by atoms with van der Waals surface area (Å²) in [4.78, 5) is 21.5. The summed E-state index contributed by atoms with van der Waals surface area (Å²) in [6, 6.07) is 20.8. The number of para-hydroxylation sites is 1. The van der Waals surface area contributed by atoms with Crippen LogP contribution in [-0.2, 0) is 11.3 Å². The number of benzene rings is 2. The Morgan fingerprint density at radius 1 is 1.03 bits per heavy atom. The average molecular weight is 457 g/mol. The molecule has 0 radical (unpaired) electrons. The zero-order chi connectivity index (χ0) is 23.9. The van der Waals surface area contributed by atoms with Gasteiger partial charge in [0, 0.05) is 44.5 Å².